The molecule has 5 heteroatoms. The van der Waals surface area contributed by atoms with Crippen molar-refractivity contribution >= 4 is 22.4 Å². The molecule has 0 spiro atoms. The molecule has 0 amide bonds. The third-order valence-electron chi connectivity index (χ3n) is 2.16. The summed E-state index contributed by atoms with van der Waals surface area (Å²) in [4.78, 5) is 19.1. The molecular weight excluding hydrogens is 212 g/mol. The van der Waals surface area contributed by atoms with E-state index in [2.05, 4.69) is 9.97 Å². The topological polar surface area (TPSA) is 58.9 Å². The van der Waals surface area contributed by atoms with Gasteiger partial charge in [-0.1, -0.05) is 6.07 Å². The lowest BCUT2D eigenvalue weighted by atomic mass is 10.2. The van der Waals surface area contributed by atoms with Crippen molar-refractivity contribution in [2.45, 2.75) is 0 Å². The van der Waals surface area contributed by atoms with E-state index in [1.165, 1.54) is 6.33 Å². The average molecular weight is 218 g/mol. The van der Waals surface area contributed by atoms with Crippen LogP contribution in [0.1, 0.15) is 0 Å². The van der Waals surface area contributed by atoms with Crippen molar-refractivity contribution in [2.24, 2.45) is 0 Å². The molecule has 3 aromatic rings. The fraction of sp³-hybridized carbons (Fsp3) is 0. The van der Waals surface area contributed by atoms with Gasteiger partial charge in [0.25, 0.3) is 5.56 Å². The van der Waals surface area contributed by atoms with Gasteiger partial charge < -0.3 is 9.40 Å². The number of H-pyrrole nitrogens is 1. The summed E-state index contributed by atoms with van der Waals surface area (Å²) >= 11 is 1.56. The molecule has 0 bridgehead atoms. The maximum absolute atomic E-state index is 11.6. The van der Waals surface area contributed by atoms with E-state index in [0.717, 1.165) is 10.4 Å². The second-order valence-electron chi connectivity index (χ2n) is 3.04. The Balaban J connectivity index is 2.43. The van der Waals surface area contributed by atoms with E-state index in [0.29, 0.717) is 11.1 Å². The lowest BCUT2D eigenvalue weighted by Gasteiger charge is -1.90. The molecule has 0 aliphatic rings. The first-order valence-corrected chi connectivity index (χ1v) is 5.23. The van der Waals surface area contributed by atoms with Crippen molar-refractivity contribution in [3.05, 3.63) is 40.5 Å². The number of nitrogens with zero attached hydrogens (tertiary/aromatic N) is 1. The van der Waals surface area contributed by atoms with Gasteiger partial charge in [0.2, 0.25) is 5.71 Å². The largest absolute Gasteiger partial charge is 0.445 e. The standard InChI is InChI=1S/C10H6N2O2S/c13-9-8-6(7-2-1-3-15-7)4-14-10(8)12-5-11-9/h1-5H,(H,11,12,13). The summed E-state index contributed by atoms with van der Waals surface area (Å²) in [6.07, 6.45) is 2.91. The SMILES string of the molecule is O=c1[nH]cnc2occ(-c3cccs3)c12. The molecule has 15 heavy (non-hydrogen) atoms. The molecule has 3 heterocycles. The Morgan fingerprint density at radius 3 is 3.20 bits per heavy atom. The van der Waals surface area contributed by atoms with Gasteiger partial charge in [0, 0.05) is 10.4 Å². The molecular formula is C10H6N2O2S. The monoisotopic (exact) mass is 218 g/mol. The van der Waals surface area contributed by atoms with Gasteiger partial charge in [-0.15, -0.1) is 11.3 Å². The smallest absolute Gasteiger partial charge is 0.262 e. The minimum atomic E-state index is -0.169. The molecule has 0 radical (unpaired) electrons. The van der Waals surface area contributed by atoms with Crippen molar-refractivity contribution in [1.29, 1.82) is 0 Å². The van der Waals surface area contributed by atoms with Gasteiger partial charge in [0.1, 0.15) is 11.6 Å². The van der Waals surface area contributed by atoms with Crippen LogP contribution in [-0.4, -0.2) is 9.97 Å². The van der Waals surface area contributed by atoms with Gasteiger partial charge in [-0.25, -0.2) is 4.98 Å². The van der Waals surface area contributed by atoms with Crippen LogP contribution in [0.15, 0.2) is 39.3 Å². The fourth-order valence-electron chi connectivity index (χ4n) is 1.50. The number of rotatable bonds is 1. The number of hydrogen-bond acceptors (Lipinski definition) is 4. The summed E-state index contributed by atoms with van der Waals surface area (Å²) in [7, 11) is 0. The second-order valence-corrected chi connectivity index (χ2v) is 3.99. The number of furan rings is 1. The molecule has 74 valence electrons. The Morgan fingerprint density at radius 2 is 2.40 bits per heavy atom. The number of aromatic nitrogens is 2. The minimum absolute atomic E-state index is 0.169. The Bertz CT molecular complexity index is 651. The predicted molar refractivity (Wildman–Crippen MR) is 57.9 cm³/mol. The van der Waals surface area contributed by atoms with E-state index in [1.807, 2.05) is 17.5 Å². The van der Waals surface area contributed by atoms with Crippen LogP contribution in [0.5, 0.6) is 0 Å². The van der Waals surface area contributed by atoms with Crippen molar-refractivity contribution in [1.82, 2.24) is 9.97 Å². The highest BCUT2D eigenvalue weighted by Gasteiger charge is 2.12. The Labute approximate surface area is 88.2 Å². The molecule has 0 saturated heterocycles. The van der Waals surface area contributed by atoms with E-state index >= 15 is 0 Å². The molecule has 3 rings (SSSR count). The molecule has 3 aromatic heterocycles. The van der Waals surface area contributed by atoms with Gasteiger partial charge in [-0.2, -0.15) is 0 Å². The highest BCUT2D eigenvalue weighted by molar-refractivity contribution is 7.13. The molecule has 0 aliphatic heterocycles. The number of hydrogen-bond donors (Lipinski definition) is 1. The molecule has 0 fully saturated rings. The highest BCUT2D eigenvalue weighted by Crippen LogP contribution is 2.30. The Morgan fingerprint density at radius 1 is 1.47 bits per heavy atom. The fourth-order valence-corrected chi connectivity index (χ4v) is 2.24. The van der Waals surface area contributed by atoms with E-state index < -0.39 is 0 Å². The minimum Gasteiger partial charge on any atom is -0.445 e. The zero-order valence-corrected chi connectivity index (χ0v) is 8.38. The summed E-state index contributed by atoms with van der Waals surface area (Å²) in [5.74, 6) is 0. The quantitative estimate of drug-likeness (QED) is 0.681. The van der Waals surface area contributed by atoms with Crippen LogP contribution < -0.4 is 5.56 Å². The molecule has 1 N–H and O–H groups in total. The third kappa shape index (κ3) is 1.20. The van der Waals surface area contributed by atoms with Crippen molar-refractivity contribution in [2.75, 3.05) is 0 Å². The van der Waals surface area contributed by atoms with Crippen molar-refractivity contribution in [3.63, 3.8) is 0 Å². The molecule has 0 atom stereocenters. The summed E-state index contributed by atoms with van der Waals surface area (Å²) in [5.41, 5.74) is 1.01. The summed E-state index contributed by atoms with van der Waals surface area (Å²) in [5, 5.41) is 2.47. The average Bonchev–Trinajstić information content (AvgIpc) is 2.85. The zero-order valence-electron chi connectivity index (χ0n) is 7.56. The van der Waals surface area contributed by atoms with E-state index in [4.69, 9.17) is 4.42 Å². The lowest BCUT2D eigenvalue weighted by molar-refractivity contribution is 0.603. The van der Waals surface area contributed by atoms with E-state index in [1.54, 1.807) is 17.6 Å². The lowest BCUT2D eigenvalue weighted by Crippen LogP contribution is -2.05. The van der Waals surface area contributed by atoms with Crippen LogP contribution in [0.2, 0.25) is 0 Å². The molecule has 0 aromatic carbocycles. The summed E-state index contributed by atoms with van der Waals surface area (Å²) in [6, 6.07) is 3.88. The van der Waals surface area contributed by atoms with Gasteiger partial charge in [0.15, 0.2) is 0 Å². The number of thiophene rings is 1. The van der Waals surface area contributed by atoms with Crippen LogP contribution >= 0.6 is 11.3 Å². The van der Waals surface area contributed by atoms with E-state index in [-0.39, 0.29) is 5.56 Å². The van der Waals surface area contributed by atoms with Crippen molar-refractivity contribution in [3.8, 4) is 10.4 Å². The first kappa shape index (κ1) is 8.43. The third-order valence-corrected chi connectivity index (χ3v) is 3.07. The van der Waals surface area contributed by atoms with Gasteiger partial charge in [-0.05, 0) is 11.4 Å². The van der Waals surface area contributed by atoms with Crippen LogP contribution in [0.3, 0.4) is 0 Å². The maximum Gasteiger partial charge on any atom is 0.262 e. The second kappa shape index (κ2) is 3.06. The number of aromatic amines is 1. The highest BCUT2D eigenvalue weighted by atomic mass is 32.1. The number of nitrogens with one attached hydrogen (secondary N) is 1. The maximum atomic E-state index is 11.6. The first-order valence-electron chi connectivity index (χ1n) is 4.35. The number of fused-ring (bicyclic) bond motifs is 1. The van der Waals surface area contributed by atoms with Gasteiger partial charge in [-0.3, -0.25) is 4.79 Å². The molecule has 0 saturated carbocycles. The van der Waals surface area contributed by atoms with Crippen LogP contribution in [0.25, 0.3) is 21.5 Å². The van der Waals surface area contributed by atoms with Crippen molar-refractivity contribution < 1.29 is 4.42 Å². The first-order chi connectivity index (χ1) is 7.36. The summed E-state index contributed by atoms with van der Waals surface area (Å²) in [6.45, 7) is 0. The molecule has 0 unspecified atom stereocenters. The Hall–Kier alpha value is -1.88. The zero-order chi connectivity index (χ0) is 10.3. The van der Waals surface area contributed by atoms with Crippen LogP contribution in [0, 0.1) is 0 Å². The molecule has 4 nitrogen and oxygen atoms in total. The summed E-state index contributed by atoms with van der Waals surface area (Å²) < 4.78 is 5.23. The molecule has 0 aliphatic carbocycles. The van der Waals surface area contributed by atoms with Gasteiger partial charge >= 0.3 is 0 Å². The van der Waals surface area contributed by atoms with E-state index in [9.17, 15) is 4.79 Å². The Kier molecular flexibility index (Phi) is 1.72. The normalized spacial score (nSPS) is 10.9. The predicted octanol–water partition coefficient (Wildman–Crippen LogP) is 2.24. The van der Waals surface area contributed by atoms with Crippen LogP contribution in [0.4, 0.5) is 0 Å². The van der Waals surface area contributed by atoms with Gasteiger partial charge in [0.05, 0.1) is 6.33 Å². The van der Waals surface area contributed by atoms with Crippen LogP contribution in [-0.2, 0) is 0 Å².